The van der Waals surface area contributed by atoms with Crippen LogP contribution in [-0.2, 0) is 4.79 Å². The molecule has 1 atom stereocenters. The number of nitrogens with two attached hydrogens (primary N) is 1. The summed E-state index contributed by atoms with van der Waals surface area (Å²) in [4.78, 5) is 11.6. The van der Waals surface area contributed by atoms with Gasteiger partial charge in [0, 0.05) is 0 Å². The van der Waals surface area contributed by atoms with E-state index in [1.807, 2.05) is 0 Å². The Morgan fingerprint density at radius 1 is 0.640 bits per heavy atom. The summed E-state index contributed by atoms with van der Waals surface area (Å²) in [5, 5.41) is 9.50. The lowest BCUT2D eigenvalue weighted by Crippen LogP contribution is -2.47. The highest BCUT2D eigenvalue weighted by Crippen LogP contribution is 2.22. The zero-order valence-corrected chi connectivity index (χ0v) is 17.2. The zero-order chi connectivity index (χ0) is 18.8. The Morgan fingerprint density at radius 2 is 0.920 bits per heavy atom. The van der Waals surface area contributed by atoms with Crippen LogP contribution in [0.15, 0.2) is 0 Å². The Morgan fingerprint density at radius 3 is 1.20 bits per heavy atom. The molecule has 0 aromatic rings. The lowest BCUT2D eigenvalue weighted by Gasteiger charge is -2.24. The van der Waals surface area contributed by atoms with Gasteiger partial charge in [-0.1, -0.05) is 117 Å². The zero-order valence-electron chi connectivity index (χ0n) is 17.2. The van der Waals surface area contributed by atoms with Crippen molar-refractivity contribution in [3.05, 3.63) is 0 Å². The highest BCUT2D eigenvalue weighted by molar-refractivity contribution is 5.78. The second kappa shape index (κ2) is 16.9. The normalized spacial score (nSPS) is 13.7. The summed E-state index contributed by atoms with van der Waals surface area (Å²) in [6.45, 7) is 4.47. The number of carboxylic acid groups (broad SMARTS) is 1. The summed E-state index contributed by atoms with van der Waals surface area (Å²) in [7, 11) is 0. The van der Waals surface area contributed by atoms with Crippen LogP contribution in [0.25, 0.3) is 0 Å². The van der Waals surface area contributed by atoms with Crippen molar-refractivity contribution >= 4 is 5.97 Å². The van der Waals surface area contributed by atoms with Crippen molar-refractivity contribution in [1.82, 2.24) is 0 Å². The number of unbranched alkanes of at least 4 members (excludes halogenated alkanes) is 14. The van der Waals surface area contributed by atoms with Gasteiger partial charge in [-0.2, -0.15) is 0 Å². The average Bonchev–Trinajstić information content (AvgIpc) is 2.59. The van der Waals surface area contributed by atoms with Gasteiger partial charge in [0.05, 0.1) is 0 Å². The molecule has 150 valence electrons. The molecule has 1 unspecified atom stereocenters. The van der Waals surface area contributed by atoms with Gasteiger partial charge in [-0.25, -0.2) is 0 Å². The van der Waals surface area contributed by atoms with Crippen molar-refractivity contribution in [1.29, 1.82) is 0 Å². The molecule has 0 heterocycles. The SMILES string of the molecule is CCCCCCCCCCCC(N)(CCCCCCCCC)C(=O)O. The van der Waals surface area contributed by atoms with Gasteiger partial charge in [0.15, 0.2) is 0 Å². The molecule has 3 heteroatoms. The minimum atomic E-state index is -0.995. The quantitative estimate of drug-likeness (QED) is 0.250. The molecular formula is C22H45NO2. The second-order valence-electron chi connectivity index (χ2n) is 7.91. The largest absolute Gasteiger partial charge is 0.480 e. The third-order valence-corrected chi connectivity index (χ3v) is 5.38. The first-order chi connectivity index (χ1) is 12.1. The molecule has 25 heavy (non-hydrogen) atoms. The van der Waals surface area contributed by atoms with Crippen LogP contribution in [0.2, 0.25) is 0 Å². The summed E-state index contributed by atoms with van der Waals surface area (Å²) < 4.78 is 0. The Kier molecular flexibility index (Phi) is 16.5. The third-order valence-electron chi connectivity index (χ3n) is 5.38. The molecule has 0 bridgehead atoms. The maximum atomic E-state index is 11.6. The molecule has 0 rings (SSSR count). The van der Waals surface area contributed by atoms with Crippen molar-refractivity contribution in [2.75, 3.05) is 0 Å². The van der Waals surface area contributed by atoms with Gasteiger partial charge in [-0.05, 0) is 12.8 Å². The minimum absolute atomic E-state index is 0.632. The molecule has 0 aromatic heterocycles. The van der Waals surface area contributed by atoms with Crippen LogP contribution in [0, 0.1) is 0 Å². The fraction of sp³-hybridized carbons (Fsp3) is 0.955. The molecule has 0 aliphatic rings. The molecule has 0 aromatic carbocycles. The summed E-state index contributed by atoms with van der Waals surface area (Å²) in [6.07, 6.45) is 21.0. The molecule has 0 spiro atoms. The predicted molar refractivity (Wildman–Crippen MR) is 109 cm³/mol. The lowest BCUT2D eigenvalue weighted by molar-refractivity contribution is -0.144. The first-order valence-corrected chi connectivity index (χ1v) is 11.1. The fourth-order valence-corrected chi connectivity index (χ4v) is 3.49. The average molecular weight is 356 g/mol. The second-order valence-corrected chi connectivity index (χ2v) is 7.91. The van der Waals surface area contributed by atoms with E-state index in [1.165, 1.54) is 77.0 Å². The van der Waals surface area contributed by atoms with Crippen molar-refractivity contribution in [2.45, 2.75) is 135 Å². The van der Waals surface area contributed by atoms with E-state index in [0.29, 0.717) is 12.8 Å². The standard InChI is InChI=1S/C22H45NO2/c1-3-5-7-9-11-12-14-16-18-20-22(23,21(24)25)19-17-15-13-10-8-6-4-2/h3-20,23H2,1-2H3,(H,24,25). The first-order valence-electron chi connectivity index (χ1n) is 11.1. The van der Waals surface area contributed by atoms with Gasteiger partial charge in [0.25, 0.3) is 0 Å². The van der Waals surface area contributed by atoms with Crippen molar-refractivity contribution in [3.8, 4) is 0 Å². The Hall–Kier alpha value is -0.570. The molecule has 0 fully saturated rings. The van der Waals surface area contributed by atoms with Crippen LogP contribution in [0.1, 0.15) is 129 Å². The molecule has 0 saturated heterocycles. The van der Waals surface area contributed by atoms with Crippen LogP contribution in [0.4, 0.5) is 0 Å². The van der Waals surface area contributed by atoms with Crippen molar-refractivity contribution in [2.24, 2.45) is 5.73 Å². The molecule has 0 aliphatic carbocycles. The smallest absolute Gasteiger partial charge is 0.323 e. The Bertz CT molecular complexity index is 306. The van der Waals surface area contributed by atoms with Crippen molar-refractivity contribution in [3.63, 3.8) is 0 Å². The highest BCUT2D eigenvalue weighted by atomic mass is 16.4. The molecule has 0 aliphatic heterocycles. The van der Waals surface area contributed by atoms with Gasteiger partial charge in [0.2, 0.25) is 0 Å². The van der Waals surface area contributed by atoms with Crippen LogP contribution >= 0.6 is 0 Å². The van der Waals surface area contributed by atoms with E-state index in [2.05, 4.69) is 13.8 Å². The van der Waals surface area contributed by atoms with Crippen LogP contribution in [0.3, 0.4) is 0 Å². The van der Waals surface area contributed by atoms with Crippen LogP contribution in [-0.4, -0.2) is 16.6 Å². The minimum Gasteiger partial charge on any atom is -0.480 e. The molecule has 3 nitrogen and oxygen atoms in total. The Balaban J connectivity index is 3.71. The van der Waals surface area contributed by atoms with Gasteiger partial charge >= 0.3 is 5.97 Å². The maximum Gasteiger partial charge on any atom is 0.323 e. The lowest BCUT2D eigenvalue weighted by atomic mass is 9.87. The monoisotopic (exact) mass is 355 g/mol. The number of carboxylic acids is 1. The molecule has 0 amide bonds. The molecule has 0 radical (unpaired) electrons. The Labute approximate surface area is 157 Å². The maximum absolute atomic E-state index is 11.6. The number of aliphatic carboxylic acids is 1. The van der Waals surface area contributed by atoms with E-state index < -0.39 is 11.5 Å². The summed E-state index contributed by atoms with van der Waals surface area (Å²) in [6, 6.07) is 0. The van der Waals surface area contributed by atoms with E-state index >= 15 is 0 Å². The van der Waals surface area contributed by atoms with Crippen molar-refractivity contribution < 1.29 is 9.90 Å². The van der Waals surface area contributed by atoms with Crippen LogP contribution < -0.4 is 5.73 Å². The summed E-state index contributed by atoms with van der Waals surface area (Å²) in [5.41, 5.74) is 5.20. The van der Waals surface area contributed by atoms with Gasteiger partial charge in [-0.15, -0.1) is 0 Å². The topological polar surface area (TPSA) is 63.3 Å². The number of hydrogen-bond donors (Lipinski definition) is 2. The summed E-state index contributed by atoms with van der Waals surface area (Å²) >= 11 is 0. The van der Waals surface area contributed by atoms with E-state index in [9.17, 15) is 9.90 Å². The van der Waals surface area contributed by atoms with Gasteiger partial charge < -0.3 is 10.8 Å². The number of carbonyl (C=O) groups is 1. The fourth-order valence-electron chi connectivity index (χ4n) is 3.49. The van der Waals surface area contributed by atoms with E-state index in [4.69, 9.17) is 5.73 Å². The summed E-state index contributed by atoms with van der Waals surface area (Å²) in [5.74, 6) is -0.807. The number of rotatable bonds is 19. The molecular weight excluding hydrogens is 310 g/mol. The molecule has 0 saturated carbocycles. The van der Waals surface area contributed by atoms with E-state index in [0.717, 1.165) is 25.7 Å². The van der Waals surface area contributed by atoms with Gasteiger partial charge in [-0.3, -0.25) is 4.79 Å². The van der Waals surface area contributed by atoms with E-state index in [-0.39, 0.29) is 0 Å². The molecule has 3 N–H and O–H groups in total. The highest BCUT2D eigenvalue weighted by Gasteiger charge is 2.32. The number of hydrogen-bond acceptors (Lipinski definition) is 2. The van der Waals surface area contributed by atoms with Gasteiger partial charge in [0.1, 0.15) is 5.54 Å². The van der Waals surface area contributed by atoms with Crippen LogP contribution in [0.5, 0.6) is 0 Å². The van der Waals surface area contributed by atoms with E-state index in [1.54, 1.807) is 0 Å². The first kappa shape index (κ1) is 24.4. The predicted octanol–water partition coefficient (Wildman–Crippen LogP) is 6.83. The third kappa shape index (κ3) is 14.3.